The molecule has 0 radical (unpaired) electrons. The van der Waals surface area contributed by atoms with Gasteiger partial charge >= 0.3 is 6.03 Å². The molecule has 11 heteroatoms. The number of methoxy groups -OCH3 is 1. The summed E-state index contributed by atoms with van der Waals surface area (Å²) in [6.45, 7) is 4.95. The van der Waals surface area contributed by atoms with E-state index < -0.39 is 18.0 Å². The van der Waals surface area contributed by atoms with Gasteiger partial charge in [0.05, 0.1) is 12.8 Å². The van der Waals surface area contributed by atoms with Gasteiger partial charge in [-0.25, -0.2) is 9.78 Å². The quantitative estimate of drug-likeness (QED) is 0.597. The number of piperazine rings is 1. The molecule has 6 rings (SSSR count). The molecule has 1 atom stereocenters. The van der Waals surface area contributed by atoms with Gasteiger partial charge in [-0.2, -0.15) is 0 Å². The third-order valence-corrected chi connectivity index (χ3v) is 6.86. The number of likely N-dealkylation sites (N-methyl/N-ethyl adjacent to an activating group) is 1. The lowest BCUT2D eigenvalue weighted by Gasteiger charge is -2.33. The Morgan fingerprint density at radius 3 is 2.49 bits per heavy atom. The largest absolute Gasteiger partial charge is 0.497 e. The fourth-order valence-corrected chi connectivity index (χ4v) is 4.63. The highest BCUT2D eigenvalue weighted by molar-refractivity contribution is 6.06. The van der Waals surface area contributed by atoms with Crippen molar-refractivity contribution in [3.05, 3.63) is 58.5 Å². The highest BCUT2D eigenvalue weighted by Gasteiger charge is 2.35. The van der Waals surface area contributed by atoms with Gasteiger partial charge in [-0.05, 0) is 36.9 Å². The van der Waals surface area contributed by atoms with Crippen LogP contribution in [-0.2, 0) is 22.7 Å². The Kier molecular flexibility index (Phi) is 6.70. The maximum absolute atomic E-state index is 11.8. The van der Waals surface area contributed by atoms with Crippen LogP contribution in [0.4, 0.5) is 10.6 Å². The molecular weight excluding hydrogens is 476 g/mol. The van der Waals surface area contributed by atoms with E-state index >= 15 is 0 Å². The molecule has 37 heavy (non-hydrogen) atoms. The average Bonchev–Trinajstić information content (AvgIpc) is 3.40. The molecule has 0 spiro atoms. The summed E-state index contributed by atoms with van der Waals surface area (Å²) in [5, 5.41) is 4.76. The van der Waals surface area contributed by atoms with Crippen molar-refractivity contribution in [1.82, 2.24) is 25.4 Å². The summed E-state index contributed by atoms with van der Waals surface area (Å²) in [4.78, 5) is 45.6. The molecule has 4 amide bonds. The molecule has 194 valence electrons. The normalized spacial score (nSPS) is 20.7. The molecule has 2 N–H and O–H groups in total. The van der Waals surface area contributed by atoms with E-state index in [2.05, 4.69) is 27.5 Å². The number of anilines is 1. The number of pyridine rings is 1. The number of carbonyl (C=O) groups is 3. The third kappa shape index (κ3) is 5.08. The predicted octanol–water partition coefficient (Wildman–Crippen LogP) is 1.19. The van der Waals surface area contributed by atoms with Gasteiger partial charge in [-0.3, -0.25) is 14.9 Å². The molecular formula is C26H30N6O5. The molecule has 0 bridgehead atoms. The third-order valence-electron chi connectivity index (χ3n) is 6.86. The van der Waals surface area contributed by atoms with Crippen LogP contribution >= 0.6 is 0 Å². The summed E-state index contributed by atoms with van der Waals surface area (Å²) in [5.74, 6) is 1.77. The van der Waals surface area contributed by atoms with Gasteiger partial charge in [0.15, 0.2) is 6.04 Å². The molecule has 4 aliphatic rings. The van der Waals surface area contributed by atoms with Crippen molar-refractivity contribution in [2.24, 2.45) is 0 Å². The van der Waals surface area contributed by atoms with Crippen molar-refractivity contribution >= 4 is 29.7 Å². The Morgan fingerprint density at radius 2 is 1.78 bits per heavy atom. The molecule has 2 fully saturated rings. The van der Waals surface area contributed by atoms with Crippen LogP contribution in [0.3, 0.4) is 0 Å². The van der Waals surface area contributed by atoms with Gasteiger partial charge in [0, 0.05) is 57.0 Å². The Hall–Kier alpha value is -4.12. The van der Waals surface area contributed by atoms with Crippen molar-refractivity contribution in [3.8, 4) is 5.75 Å². The van der Waals surface area contributed by atoms with Crippen LogP contribution in [0.5, 0.6) is 5.75 Å². The fraction of sp³-hybridized carbons (Fsp3) is 0.385. The van der Waals surface area contributed by atoms with Crippen LogP contribution in [0.25, 0.3) is 6.08 Å². The first kappa shape index (κ1) is 24.6. The van der Waals surface area contributed by atoms with Crippen molar-refractivity contribution in [1.29, 1.82) is 0 Å². The van der Waals surface area contributed by atoms with Gasteiger partial charge in [-0.1, -0.05) is 6.07 Å². The van der Waals surface area contributed by atoms with Gasteiger partial charge in [0.1, 0.15) is 23.9 Å². The molecule has 2 saturated heterocycles. The number of fused-ring (bicyclic) bond motifs is 2. The van der Waals surface area contributed by atoms with Crippen LogP contribution in [0.15, 0.2) is 36.1 Å². The zero-order valence-corrected chi connectivity index (χ0v) is 21.1. The van der Waals surface area contributed by atoms with E-state index in [0.29, 0.717) is 18.9 Å². The Bertz CT molecular complexity index is 1270. The van der Waals surface area contributed by atoms with Crippen molar-refractivity contribution in [2.45, 2.75) is 19.2 Å². The van der Waals surface area contributed by atoms with Crippen molar-refractivity contribution in [3.63, 3.8) is 0 Å². The predicted molar refractivity (Wildman–Crippen MR) is 136 cm³/mol. The van der Waals surface area contributed by atoms with E-state index in [-0.39, 0.29) is 5.91 Å². The molecule has 1 aromatic heterocycles. The zero-order valence-electron chi connectivity index (χ0n) is 21.1. The van der Waals surface area contributed by atoms with Crippen LogP contribution in [0.2, 0.25) is 0 Å². The number of urea groups is 1. The molecule has 1 unspecified atom stereocenters. The lowest BCUT2D eigenvalue weighted by atomic mass is 10.1. The lowest BCUT2D eigenvalue weighted by molar-refractivity contribution is -0.120. The first-order valence-corrected chi connectivity index (χ1v) is 12.1. The second-order valence-electron chi connectivity index (χ2n) is 9.42. The molecule has 1 aromatic carbocycles. The first-order chi connectivity index (χ1) is 17.8. The molecule has 4 aliphatic heterocycles. The maximum atomic E-state index is 11.8. The van der Waals surface area contributed by atoms with Gasteiger partial charge in [0.25, 0.3) is 11.8 Å². The number of aromatic nitrogens is 1. The van der Waals surface area contributed by atoms with E-state index in [1.54, 1.807) is 31.2 Å². The van der Waals surface area contributed by atoms with Gasteiger partial charge < -0.3 is 29.5 Å². The van der Waals surface area contributed by atoms with Crippen molar-refractivity contribution in [2.75, 3.05) is 52.3 Å². The SMILES string of the molecule is CN1CCN(c2ccc3c(n2)C=C(C2NC(=O)NC2=O)OC3)CC1.COc1ccc2c(c1)C(=O)N(C)C2. The Balaban J connectivity index is 0.000000182. The van der Waals surface area contributed by atoms with Gasteiger partial charge in [-0.15, -0.1) is 0 Å². The molecule has 0 saturated carbocycles. The number of nitrogens with one attached hydrogen (secondary N) is 2. The standard InChI is InChI=1S/C16H19N5O3.C10H11NO2/c1-20-4-6-21(7-5-20)13-3-2-10-9-24-12(8-11(10)17-13)14-15(22)19-16(23)18-14;1-11-6-7-3-4-8(13-2)5-9(7)10(11)12/h2-3,8,14H,4-7,9H2,1H3,(H2,18,19,22,23);3-5H,6H2,1-2H3. The van der Waals surface area contributed by atoms with Gasteiger partial charge in [0.2, 0.25) is 0 Å². The number of benzene rings is 1. The molecule has 11 nitrogen and oxygen atoms in total. The van der Waals surface area contributed by atoms with Crippen LogP contribution in [0.1, 0.15) is 27.2 Å². The fourth-order valence-electron chi connectivity index (χ4n) is 4.63. The number of ether oxygens (including phenoxy) is 2. The second kappa shape index (κ2) is 10.1. The highest BCUT2D eigenvalue weighted by atomic mass is 16.5. The van der Waals surface area contributed by atoms with E-state index in [1.165, 1.54) is 0 Å². The monoisotopic (exact) mass is 506 g/mol. The Morgan fingerprint density at radius 1 is 1.03 bits per heavy atom. The maximum Gasteiger partial charge on any atom is 0.322 e. The zero-order chi connectivity index (χ0) is 26.1. The molecule has 2 aromatic rings. The Labute approximate surface area is 215 Å². The minimum absolute atomic E-state index is 0.0777. The number of carbonyl (C=O) groups excluding carboxylic acids is 3. The second-order valence-corrected chi connectivity index (χ2v) is 9.42. The summed E-state index contributed by atoms with van der Waals surface area (Å²) >= 11 is 0. The summed E-state index contributed by atoms with van der Waals surface area (Å²) in [6.07, 6.45) is 1.74. The van der Waals surface area contributed by atoms with Crippen LogP contribution < -0.4 is 20.3 Å². The van der Waals surface area contributed by atoms with Crippen molar-refractivity contribution < 1.29 is 23.9 Å². The molecule has 0 aliphatic carbocycles. The minimum Gasteiger partial charge on any atom is -0.497 e. The summed E-state index contributed by atoms with van der Waals surface area (Å²) in [7, 11) is 5.52. The molecule has 5 heterocycles. The smallest absolute Gasteiger partial charge is 0.322 e. The highest BCUT2D eigenvalue weighted by Crippen LogP contribution is 2.27. The number of nitrogens with zero attached hydrogens (tertiary/aromatic N) is 4. The summed E-state index contributed by atoms with van der Waals surface area (Å²) < 4.78 is 10.7. The number of hydrogen-bond donors (Lipinski definition) is 2. The first-order valence-electron chi connectivity index (χ1n) is 12.1. The minimum atomic E-state index is -0.778. The van der Waals surface area contributed by atoms with E-state index in [1.807, 2.05) is 24.3 Å². The van der Waals surface area contributed by atoms with Crippen LogP contribution in [-0.4, -0.2) is 86.1 Å². The number of rotatable bonds is 3. The number of amides is 4. The topological polar surface area (TPSA) is 116 Å². The number of imide groups is 1. The lowest BCUT2D eigenvalue weighted by Crippen LogP contribution is -2.44. The van der Waals surface area contributed by atoms with E-state index in [0.717, 1.165) is 60.1 Å². The van der Waals surface area contributed by atoms with E-state index in [9.17, 15) is 14.4 Å². The van der Waals surface area contributed by atoms with Crippen LogP contribution in [0, 0.1) is 0 Å². The van der Waals surface area contributed by atoms with E-state index in [4.69, 9.17) is 14.5 Å². The number of hydrogen-bond acceptors (Lipinski definition) is 8. The summed E-state index contributed by atoms with van der Waals surface area (Å²) in [5.41, 5.74) is 3.61. The summed E-state index contributed by atoms with van der Waals surface area (Å²) in [6, 6.07) is 8.36. The average molecular weight is 507 g/mol.